The summed E-state index contributed by atoms with van der Waals surface area (Å²) < 4.78 is 28.8. The molecule has 9 heteroatoms. The molecule has 0 radical (unpaired) electrons. The third kappa shape index (κ3) is 4.36. The van der Waals surface area contributed by atoms with Crippen LogP contribution in [0.1, 0.15) is 21.5 Å². The summed E-state index contributed by atoms with van der Waals surface area (Å²) in [7, 11) is 0. The van der Waals surface area contributed by atoms with Crippen molar-refractivity contribution in [1.82, 2.24) is 19.6 Å². The number of pyridine rings is 1. The average molecular weight is 490 g/mol. The van der Waals surface area contributed by atoms with Gasteiger partial charge < -0.3 is 5.32 Å². The van der Waals surface area contributed by atoms with Crippen LogP contribution < -0.4 is 5.32 Å². The number of carbonyl (C=O) groups is 1. The molecule has 0 saturated heterocycles. The highest BCUT2D eigenvalue weighted by molar-refractivity contribution is 6.29. The van der Waals surface area contributed by atoms with Crippen molar-refractivity contribution in [3.8, 4) is 22.5 Å². The van der Waals surface area contributed by atoms with Crippen molar-refractivity contribution in [2.45, 2.75) is 13.8 Å². The van der Waals surface area contributed by atoms with Gasteiger partial charge in [0, 0.05) is 22.9 Å². The van der Waals surface area contributed by atoms with Gasteiger partial charge in [-0.3, -0.25) is 4.79 Å². The maximum absolute atomic E-state index is 14.0. The Morgan fingerprint density at radius 3 is 2.46 bits per heavy atom. The Bertz CT molecular complexity index is 1600. The molecule has 1 N–H and O–H groups in total. The van der Waals surface area contributed by atoms with Crippen LogP contribution in [0.15, 0.2) is 66.9 Å². The van der Waals surface area contributed by atoms with Crippen LogP contribution in [0, 0.1) is 25.5 Å². The van der Waals surface area contributed by atoms with Crippen LogP contribution in [0.4, 0.5) is 14.6 Å². The molecule has 3 heterocycles. The second kappa shape index (κ2) is 8.88. The molecule has 0 atom stereocenters. The highest BCUT2D eigenvalue weighted by atomic mass is 35.5. The fourth-order valence-electron chi connectivity index (χ4n) is 3.82. The zero-order valence-electron chi connectivity index (χ0n) is 18.7. The zero-order valence-corrected chi connectivity index (χ0v) is 19.4. The van der Waals surface area contributed by atoms with Crippen molar-refractivity contribution in [2.75, 3.05) is 5.32 Å². The highest BCUT2D eigenvalue weighted by Crippen LogP contribution is 2.35. The number of benzene rings is 2. The van der Waals surface area contributed by atoms with E-state index in [0.29, 0.717) is 39.3 Å². The molecule has 0 spiro atoms. The molecule has 0 unspecified atom stereocenters. The van der Waals surface area contributed by atoms with E-state index >= 15 is 0 Å². The Hall–Kier alpha value is -4.17. The molecule has 3 aromatic heterocycles. The van der Waals surface area contributed by atoms with Gasteiger partial charge in [-0.15, -0.1) is 0 Å². The summed E-state index contributed by atoms with van der Waals surface area (Å²) >= 11 is 6.26. The van der Waals surface area contributed by atoms with Crippen molar-refractivity contribution in [3.05, 3.63) is 100 Å². The van der Waals surface area contributed by atoms with Crippen LogP contribution in [0.5, 0.6) is 0 Å². The van der Waals surface area contributed by atoms with Crippen molar-refractivity contribution >= 4 is 29.0 Å². The van der Waals surface area contributed by atoms with E-state index in [9.17, 15) is 13.6 Å². The molecule has 174 valence electrons. The van der Waals surface area contributed by atoms with Gasteiger partial charge in [-0.25, -0.2) is 23.3 Å². The minimum absolute atomic E-state index is 0.284. The minimum atomic E-state index is -0.431. The van der Waals surface area contributed by atoms with Crippen LogP contribution in [0.25, 0.3) is 28.2 Å². The summed E-state index contributed by atoms with van der Waals surface area (Å²) in [5, 5.41) is 7.46. The lowest BCUT2D eigenvalue weighted by Crippen LogP contribution is -2.13. The summed E-state index contributed by atoms with van der Waals surface area (Å²) in [6, 6.07) is 15.1. The first-order chi connectivity index (χ1) is 16.8. The summed E-state index contributed by atoms with van der Waals surface area (Å²) in [5.74, 6) is -0.892. The van der Waals surface area contributed by atoms with Gasteiger partial charge in [-0.1, -0.05) is 11.6 Å². The molecule has 1 amide bonds. The van der Waals surface area contributed by atoms with E-state index in [-0.39, 0.29) is 16.8 Å². The fraction of sp³-hybridized carbons (Fsp3) is 0.0769. The molecule has 0 saturated carbocycles. The first-order valence-corrected chi connectivity index (χ1v) is 11.0. The molecule has 0 aliphatic rings. The first kappa shape index (κ1) is 22.6. The number of carbonyl (C=O) groups excluding carboxylic acids is 1. The molecular formula is C26H18ClF2N5O. The maximum Gasteiger partial charge on any atom is 0.256 e. The van der Waals surface area contributed by atoms with E-state index in [0.717, 1.165) is 5.56 Å². The van der Waals surface area contributed by atoms with E-state index in [1.54, 1.807) is 48.0 Å². The fourth-order valence-corrected chi connectivity index (χ4v) is 4.06. The van der Waals surface area contributed by atoms with Gasteiger partial charge in [-0.2, -0.15) is 5.10 Å². The molecule has 0 bridgehead atoms. The molecule has 0 aliphatic carbocycles. The number of hydrogen-bond donors (Lipinski definition) is 1. The summed E-state index contributed by atoms with van der Waals surface area (Å²) in [6.07, 6.45) is 1.55. The van der Waals surface area contributed by atoms with Crippen molar-refractivity contribution in [2.24, 2.45) is 0 Å². The van der Waals surface area contributed by atoms with Crippen LogP contribution in [0.2, 0.25) is 5.15 Å². The zero-order chi connectivity index (χ0) is 24.7. The van der Waals surface area contributed by atoms with Crippen molar-refractivity contribution in [1.29, 1.82) is 0 Å². The van der Waals surface area contributed by atoms with E-state index in [2.05, 4.69) is 15.4 Å². The number of rotatable bonds is 4. The maximum atomic E-state index is 14.0. The van der Waals surface area contributed by atoms with Crippen molar-refractivity contribution in [3.63, 3.8) is 0 Å². The van der Waals surface area contributed by atoms with E-state index in [1.165, 1.54) is 30.3 Å². The quantitative estimate of drug-likeness (QED) is 0.323. The molecule has 5 aromatic rings. The van der Waals surface area contributed by atoms with Crippen molar-refractivity contribution < 1.29 is 13.6 Å². The predicted octanol–water partition coefficient (Wildman–Crippen LogP) is 6.26. The second-order valence-corrected chi connectivity index (χ2v) is 8.44. The van der Waals surface area contributed by atoms with Crippen LogP contribution >= 0.6 is 11.6 Å². The minimum Gasteiger partial charge on any atom is -0.307 e. The van der Waals surface area contributed by atoms with Gasteiger partial charge in [0.2, 0.25) is 0 Å². The summed E-state index contributed by atoms with van der Waals surface area (Å²) in [5.41, 5.74) is 4.73. The van der Waals surface area contributed by atoms with Gasteiger partial charge in [0.1, 0.15) is 28.3 Å². The second-order valence-electron chi connectivity index (χ2n) is 8.05. The largest absolute Gasteiger partial charge is 0.307 e. The number of hydrogen-bond acceptors (Lipinski definition) is 4. The summed E-state index contributed by atoms with van der Waals surface area (Å²) in [6.45, 7) is 3.56. The number of nitrogens with one attached hydrogen (secondary N) is 1. The van der Waals surface area contributed by atoms with Crippen LogP contribution in [0.3, 0.4) is 0 Å². The number of anilines is 1. The Morgan fingerprint density at radius 2 is 1.71 bits per heavy atom. The smallest absolute Gasteiger partial charge is 0.256 e. The molecular weight excluding hydrogens is 472 g/mol. The first-order valence-electron chi connectivity index (χ1n) is 10.7. The Balaban J connectivity index is 1.64. The summed E-state index contributed by atoms with van der Waals surface area (Å²) in [4.78, 5) is 21.7. The number of amides is 1. The number of nitrogens with zero attached hydrogens (tertiary/aromatic N) is 4. The number of aryl methyl sites for hydroxylation is 2. The molecule has 2 aromatic carbocycles. The van der Waals surface area contributed by atoms with Crippen LogP contribution in [-0.4, -0.2) is 25.5 Å². The average Bonchev–Trinajstić information content (AvgIpc) is 3.21. The monoisotopic (exact) mass is 489 g/mol. The highest BCUT2D eigenvalue weighted by Gasteiger charge is 2.20. The van der Waals surface area contributed by atoms with E-state index in [1.807, 2.05) is 6.92 Å². The SMILES string of the molecule is Cc1cc(-c2nc3c(C)cc(Cl)nn3c2-c2ccnc(NC(=O)c3ccc(F)cc3)c2)ccc1F. The predicted molar refractivity (Wildman–Crippen MR) is 130 cm³/mol. The molecule has 5 rings (SSSR count). The Morgan fingerprint density at radius 1 is 0.943 bits per heavy atom. The molecule has 0 aliphatic heterocycles. The third-order valence-corrected chi connectivity index (χ3v) is 5.74. The number of imidazole rings is 1. The van der Waals surface area contributed by atoms with Gasteiger partial charge in [0.05, 0.1) is 5.69 Å². The van der Waals surface area contributed by atoms with Crippen LogP contribution in [-0.2, 0) is 0 Å². The number of halogens is 3. The van der Waals surface area contributed by atoms with Gasteiger partial charge in [0.15, 0.2) is 5.65 Å². The Labute approximate surface area is 204 Å². The van der Waals surface area contributed by atoms with E-state index in [4.69, 9.17) is 16.6 Å². The van der Waals surface area contributed by atoms with E-state index < -0.39 is 11.7 Å². The normalized spacial score (nSPS) is 11.1. The lowest BCUT2D eigenvalue weighted by molar-refractivity contribution is 0.102. The molecule has 6 nitrogen and oxygen atoms in total. The standard InChI is InChI=1S/C26H18ClF2N5O/c1-14-11-17(5-8-20(14)29)23-24(34-25(32-23)15(2)12-21(27)33-34)18-9-10-30-22(13-18)31-26(35)16-3-6-19(28)7-4-16/h3-13H,1-2H3,(H,30,31,35). The van der Waals surface area contributed by atoms with Gasteiger partial charge >= 0.3 is 0 Å². The lowest BCUT2D eigenvalue weighted by atomic mass is 10.0. The molecule has 0 fully saturated rings. The number of aromatic nitrogens is 4. The molecule has 35 heavy (non-hydrogen) atoms. The van der Waals surface area contributed by atoms with Gasteiger partial charge in [-0.05, 0) is 85.6 Å². The lowest BCUT2D eigenvalue weighted by Gasteiger charge is -2.09. The Kier molecular flexibility index (Phi) is 5.74. The third-order valence-electron chi connectivity index (χ3n) is 5.55. The van der Waals surface area contributed by atoms with Gasteiger partial charge in [0.25, 0.3) is 5.91 Å². The number of fused-ring (bicyclic) bond motifs is 1. The topological polar surface area (TPSA) is 72.2 Å².